The van der Waals surface area contributed by atoms with E-state index in [4.69, 9.17) is 19.4 Å². The van der Waals surface area contributed by atoms with Gasteiger partial charge < -0.3 is 14.4 Å². The monoisotopic (exact) mass is 614 g/mol. The Bertz CT molecular complexity index is 1530. The highest BCUT2D eigenvalue weighted by molar-refractivity contribution is 7.89. The Labute approximate surface area is 253 Å². The summed E-state index contributed by atoms with van der Waals surface area (Å²) in [7, 11) is -1.78. The van der Waals surface area contributed by atoms with Gasteiger partial charge in [0, 0.05) is 65.7 Å². The number of hydrogen-bond donors (Lipinski definition) is 0. The second kappa shape index (κ2) is 12.3. The third kappa shape index (κ3) is 6.28. The highest BCUT2D eigenvalue weighted by atomic mass is 32.2. The molecule has 0 amide bonds. The number of hydrogen-bond acceptors (Lipinski definition) is 11. The zero-order chi connectivity index (χ0) is 29.4. The van der Waals surface area contributed by atoms with Gasteiger partial charge in [0.2, 0.25) is 11.8 Å². The average Bonchev–Trinajstić information content (AvgIpc) is 3.54. The van der Waals surface area contributed by atoms with Crippen LogP contribution >= 0.6 is 11.3 Å². The van der Waals surface area contributed by atoms with E-state index >= 15 is 0 Å². The number of ether oxygens (including phenoxy) is 2. The molecule has 10 nitrogen and oxygen atoms in total. The number of aromatic nitrogens is 3. The van der Waals surface area contributed by atoms with Crippen LogP contribution in [-0.4, -0.2) is 105 Å². The number of nitrogens with zero attached hydrogens (tertiary/aromatic N) is 6. The van der Waals surface area contributed by atoms with Crippen molar-refractivity contribution in [2.45, 2.75) is 63.9 Å². The van der Waals surface area contributed by atoms with Gasteiger partial charge in [-0.15, -0.1) is 11.3 Å². The maximum Gasteiger partial charge on any atom is 0.226 e. The molecule has 3 aromatic rings. The molecule has 0 saturated carbocycles. The lowest BCUT2D eigenvalue weighted by Gasteiger charge is -2.38. The standard InChI is InChI=1S/C30H42N6O4S2/c1-20-6-5-9-36(20)24-7-10-34(11-8-24)18-25-21(2)41-28-26(32-30(33-27(25)28)35-12-14-40-15-13-35)22-16-23(19-42(4,37)38)29(39-3)31-17-22/h16-17,20,24H,5-15,18-19H2,1-4H3/t20-/m0/s1. The lowest BCUT2D eigenvalue weighted by atomic mass is 10.0. The fraction of sp³-hybridized carbons (Fsp3) is 0.633. The lowest BCUT2D eigenvalue weighted by Crippen LogP contribution is -2.45. The molecule has 3 aliphatic heterocycles. The minimum Gasteiger partial charge on any atom is -0.481 e. The van der Waals surface area contributed by atoms with Crippen LogP contribution in [0.2, 0.25) is 0 Å². The molecular weight excluding hydrogens is 573 g/mol. The third-order valence-electron chi connectivity index (χ3n) is 8.94. The van der Waals surface area contributed by atoms with Gasteiger partial charge in [0.25, 0.3) is 0 Å². The van der Waals surface area contributed by atoms with Crippen molar-refractivity contribution in [1.82, 2.24) is 24.8 Å². The largest absolute Gasteiger partial charge is 0.481 e. The summed E-state index contributed by atoms with van der Waals surface area (Å²) >= 11 is 1.71. The fourth-order valence-electron chi connectivity index (χ4n) is 6.74. The lowest BCUT2D eigenvalue weighted by molar-refractivity contribution is 0.100. The van der Waals surface area contributed by atoms with E-state index in [0.717, 1.165) is 54.2 Å². The molecule has 0 N–H and O–H groups in total. The summed E-state index contributed by atoms with van der Waals surface area (Å²) in [4.78, 5) is 23.5. The van der Waals surface area contributed by atoms with E-state index in [1.54, 1.807) is 17.5 Å². The summed E-state index contributed by atoms with van der Waals surface area (Å²) in [6, 6.07) is 3.27. The Hall–Kier alpha value is -2.38. The van der Waals surface area contributed by atoms with Crippen LogP contribution in [0.4, 0.5) is 5.95 Å². The molecule has 0 aliphatic carbocycles. The summed E-state index contributed by atoms with van der Waals surface area (Å²) in [5, 5.41) is 0. The molecule has 0 radical (unpaired) electrons. The first-order chi connectivity index (χ1) is 20.2. The summed E-state index contributed by atoms with van der Waals surface area (Å²) in [6.07, 6.45) is 8.04. The Kier molecular flexibility index (Phi) is 8.70. The van der Waals surface area contributed by atoms with Crippen molar-refractivity contribution in [3.05, 3.63) is 28.3 Å². The Morgan fingerprint density at radius 1 is 1.10 bits per heavy atom. The van der Waals surface area contributed by atoms with Crippen LogP contribution in [0.3, 0.4) is 0 Å². The van der Waals surface area contributed by atoms with Crippen molar-refractivity contribution in [2.24, 2.45) is 0 Å². The Balaban J connectivity index is 1.36. The first-order valence-electron chi connectivity index (χ1n) is 15.0. The molecule has 228 valence electrons. The van der Waals surface area contributed by atoms with Crippen molar-refractivity contribution in [1.29, 1.82) is 0 Å². The third-order valence-corrected chi connectivity index (χ3v) is 10.9. The topological polar surface area (TPSA) is 101 Å². The van der Waals surface area contributed by atoms with Crippen molar-refractivity contribution < 1.29 is 17.9 Å². The van der Waals surface area contributed by atoms with Crippen LogP contribution in [0.25, 0.3) is 21.5 Å². The summed E-state index contributed by atoms with van der Waals surface area (Å²) < 4.78 is 36.4. The van der Waals surface area contributed by atoms with Crippen LogP contribution in [0.5, 0.6) is 5.88 Å². The smallest absolute Gasteiger partial charge is 0.226 e. The van der Waals surface area contributed by atoms with Gasteiger partial charge in [-0.05, 0) is 65.2 Å². The maximum absolute atomic E-state index is 12.2. The average molecular weight is 615 g/mol. The first-order valence-corrected chi connectivity index (χ1v) is 17.9. The van der Waals surface area contributed by atoms with Crippen LogP contribution in [-0.2, 0) is 26.9 Å². The van der Waals surface area contributed by atoms with E-state index in [-0.39, 0.29) is 5.75 Å². The first kappa shape index (κ1) is 29.7. The molecule has 42 heavy (non-hydrogen) atoms. The van der Waals surface area contributed by atoms with Crippen LogP contribution < -0.4 is 9.64 Å². The molecule has 3 saturated heterocycles. The molecule has 0 spiro atoms. The minimum absolute atomic E-state index is 0.150. The molecule has 6 rings (SSSR count). The van der Waals surface area contributed by atoms with E-state index in [0.29, 0.717) is 42.7 Å². The van der Waals surface area contributed by atoms with Gasteiger partial charge in [-0.2, -0.15) is 0 Å². The number of anilines is 1. The highest BCUT2D eigenvalue weighted by Crippen LogP contribution is 2.39. The number of fused-ring (bicyclic) bond motifs is 1. The summed E-state index contributed by atoms with van der Waals surface area (Å²) in [5.41, 5.74) is 4.33. The number of pyridine rings is 1. The van der Waals surface area contributed by atoms with Gasteiger partial charge in [0.15, 0.2) is 9.84 Å². The molecule has 6 heterocycles. The molecule has 0 unspecified atom stereocenters. The predicted octanol–water partition coefficient (Wildman–Crippen LogP) is 3.90. The maximum atomic E-state index is 12.2. The predicted molar refractivity (Wildman–Crippen MR) is 167 cm³/mol. The van der Waals surface area contributed by atoms with Crippen molar-refractivity contribution in [3.8, 4) is 17.1 Å². The van der Waals surface area contributed by atoms with E-state index < -0.39 is 9.84 Å². The van der Waals surface area contributed by atoms with Crippen molar-refractivity contribution >= 4 is 37.3 Å². The van der Waals surface area contributed by atoms with Crippen LogP contribution in [0.1, 0.15) is 48.6 Å². The number of aryl methyl sites for hydroxylation is 1. The minimum atomic E-state index is -3.29. The number of rotatable bonds is 8. The zero-order valence-corrected chi connectivity index (χ0v) is 26.8. The van der Waals surface area contributed by atoms with E-state index in [9.17, 15) is 8.42 Å². The van der Waals surface area contributed by atoms with Gasteiger partial charge in [0.05, 0.1) is 42.0 Å². The molecule has 1 atom stereocenters. The molecule has 3 fully saturated rings. The van der Waals surface area contributed by atoms with E-state index in [1.165, 1.54) is 56.0 Å². The normalized spacial score (nSPS) is 21.4. The van der Waals surface area contributed by atoms with Crippen molar-refractivity contribution in [2.75, 3.05) is 64.2 Å². The van der Waals surface area contributed by atoms with E-state index in [2.05, 4.69) is 33.5 Å². The number of thiophene rings is 1. The van der Waals surface area contributed by atoms with Crippen LogP contribution in [0.15, 0.2) is 12.3 Å². The second-order valence-corrected chi connectivity index (χ2v) is 15.3. The van der Waals surface area contributed by atoms with Gasteiger partial charge in [-0.25, -0.2) is 23.4 Å². The number of morpholine rings is 1. The fourth-order valence-corrected chi connectivity index (χ4v) is 8.62. The Morgan fingerprint density at radius 3 is 2.52 bits per heavy atom. The number of methoxy groups -OCH3 is 1. The van der Waals surface area contributed by atoms with Gasteiger partial charge in [0.1, 0.15) is 0 Å². The molecule has 0 bridgehead atoms. The zero-order valence-electron chi connectivity index (χ0n) is 25.1. The molecular formula is C30H42N6O4S2. The highest BCUT2D eigenvalue weighted by Gasteiger charge is 2.31. The van der Waals surface area contributed by atoms with Gasteiger partial charge in [-0.1, -0.05) is 0 Å². The molecule has 3 aromatic heterocycles. The quantitative estimate of drug-likeness (QED) is 0.371. The number of likely N-dealkylation sites (tertiary alicyclic amines) is 2. The molecule has 0 aromatic carbocycles. The van der Waals surface area contributed by atoms with Gasteiger partial charge >= 0.3 is 0 Å². The second-order valence-electron chi connectivity index (χ2n) is 12.0. The van der Waals surface area contributed by atoms with E-state index in [1.807, 2.05) is 6.07 Å². The van der Waals surface area contributed by atoms with Gasteiger partial charge in [-0.3, -0.25) is 9.80 Å². The summed E-state index contributed by atoms with van der Waals surface area (Å²) in [6.45, 7) is 11.6. The Morgan fingerprint density at radius 2 is 1.86 bits per heavy atom. The van der Waals surface area contributed by atoms with Crippen molar-refractivity contribution in [3.63, 3.8) is 0 Å². The molecule has 3 aliphatic rings. The number of piperidine rings is 1. The number of sulfone groups is 1. The molecule has 12 heteroatoms. The van der Waals surface area contributed by atoms with Crippen LogP contribution in [0, 0.1) is 6.92 Å². The summed E-state index contributed by atoms with van der Waals surface area (Å²) in [5.74, 6) is 0.849. The SMILES string of the molecule is COc1ncc(-c2nc(N3CCOCC3)nc3c(CN4CCC(N5CCC[C@@H]5C)CC4)c(C)sc23)cc1CS(C)(=O)=O.